The zero-order valence-corrected chi connectivity index (χ0v) is 14.1. The van der Waals surface area contributed by atoms with Crippen molar-refractivity contribution in [1.82, 2.24) is 0 Å². The first-order valence-corrected chi connectivity index (χ1v) is 8.25. The molecular weight excluding hydrogens is 348 g/mol. The Bertz CT molecular complexity index is 599. The Labute approximate surface area is 137 Å². The average Bonchev–Trinajstić information content (AvgIpc) is 2.47. The van der Waals surface area contributed by atoms with Crippen LogP contribution < -0.4 is 11.1 Å². The number of nitrogens with two attached hydrogens (primary N) is 1. The lowest BCUT2D eigenvalue weighted by molar-refractivity contribution is -0.114. The van der Waals surface area contributed by atoms with Gasteiger partial charge in [-0.1, -0.05) is 28.1 Å². The third-order valence-corrected chi connectivity index (χ3v) is 4.73. The number of anilines is 1. The first-order valence-electron chi connectivity index (χ1n) is 6.58. The molecule has 0 fully saturated rings. The van der Waals surface area contributed by atoms with Crippen molar-refractivity contribution in [2.45, 2.75) is 17.1 Å². The lowest BCUT2D eigenvalue weighted by Gasteiger charge is -2.15. The van der Waals surface area contributed by atoms with Crippen molar-refractivity contribution < 1.29 is 4.79 Å². The summed E-state index contributed by atoms with van der Waals surface area (Å²) < 4.78 is 1.06. The molecule has 0 saturated carbocycles. The van der Waals surface area contributed by atoms with Gasteiger partial charge in [-0.05, 0) is 42.0 Å². The maximum atomic E-state index is 11.0. The number of halogens is 1. The van der Waals surface area contributed by atoms with Gasteiger partial charge >= 0.3 is 0 Å². The summed E-state index contributed by atoms with van der Waals surface area (Å²) in [5.74, 6) is -0.0647. The van der Waals surface area contributed by atoms with Gasteiger partial charge in [0.15, 0.2) is 0 Å². The van der Waals surface area contributed by atoms with Crippen molar-refractivity contribution >= 4 is 39.3 Å². The second-order valence-corrected chi connectivity index (χ2v) is 6.79. The second kappa shape index (κ2) is 7.64. The predicted octanol–water partition coefficient (Wildman–Crippen LogP) is 4.20. The Balaban J connectivity index is 2.07. The van der Waals surface area contributed by atoms with Crippen LogP contribution in [0.25, 0.3) is 0 Å². The number of amides is 1. The first kappa shape index (κ1) is 16.1. The fourth-order valence-corrected chi connectivity index (χ4v) is 3.19. The second-order valence-electron chi connectivity index (χ2n) is 4.60. The van der Waals surface area contributed by atoms with Gasteiger partial charge in [-0.3, -0.25) is 4.79 Å². The lowest BCUT2D eigenvalue weighted by Crippen LogP contribution is -2.09. The highest BCUT2D eigenvalue weighted by molar-refractivity contribution is 9.10. The van der Waals surface area contributed by atoms with Gasteiger partial charge in [-0.25, -0.2) is 0 Å². The monoisotopic (exact) mass is 364 g/mol. The van der Waals surface area contributed by atoms with Gasteiger partial charge in [0.05, 0.1) is 0 Å². The van der Waals surface area contributed by atoms with E-state index in [0.29, 0.717) is 6.54 Å². The van der Waals surface area contributed by atoms with Crippen LogP contribution in [0.5, 0.6) is 0 Å². The normalized spacial score (nSPS) is 12.0. The number of hydrogen-bond acceptors (Lipinski definition) is 3. The summed E-state index contributed by atoms with van der Waals surface area (Å²) >= 11 is 5.16. The molecule has 3 N–H and O–H groups in total. The molecule has 110 valence electrons. The smallest absolute Gasteiger partial charge is 0.221 e. The van der Waals surface area contributed by atoms with Crippen LogP contribution in [0.2, 0.25) is 0 Å². The van der Waals surface area contributed by atoms with Crippen LogP contribution in [0.15, 0.2) is 57.9 Å². The zero-order chi connectivity index (χ0) is 15.2. The number of carbonyl (C=O) groups is 1. The number of hydrogen-bond donors (Lipinski definition) is 2. The van der Waals surface area contributed by atoms with Gasteiger partial charge in [-0.2, -0.15) is 0 Å². The molecule has 2 rings (SSSR count). The van der Waals surface area contributed by atoms with Gasteiger partial charge in [0, 0.05) is 33.8 Å². The molecule has 0 heterocycles. The van der Waals surface area contributed by atoms with E-state index in [1.807, 2.05) is 36.4 Å². The minimum atomic E-state index is -0.0647. The Morgan fingerprint density at radius 1 is 1.19 bits per heavy atom. The number of carbonyl (C=O) groups excluding carboxylic acids is 1. The Kier molecular flexibility index (Phi) is 5.85. The van der Waals surface area contributed by atoms with Gasteiger partial charge in [-0.15, -0.1) is 11.8 Å². The van der Waals surface area contributed by atoms with Gasteiger partial charge in [0.25, 0.3) is 0 Å². The topological polar surface area (TPSA) is 55.1 Å². The Hall–Kier alpha value is -1.30. The standard InChI is InChI=1S/C16H17BrN2OS/c1-11(20)19-14-6-8-15(9-7-14)21-16(10-18)12-2-4-13(17)5-3-12/h2-9,16H,10,18H2,1H3,(H,19,20). The molecule has 5 heteroatoms. The third-order valence-electron chi connectivity index (χ3n) is 2.91. The first-order chi connectivity index (χ1) is 10.1. The maximum Gasteiger partial charge on any atom is 0.221 e. The summed E-state index contributed by atoms with van der Waals surface area (Å²) in [6, 6.07) is 16.0. The summed E-state index contributed by atoms with van der Waals surface area (Å²) in [5.41, 5.74) is 7.91. The van der Waals surface area contributed by atoms with Crippen molar-refractivity contribution in [3.8, 4) is 0 Å². The van der Waals surface area contributed by atoms with E-state index in [4.69, 9.17) is 5.73 Å². The van der Waals surface area contributed by atoms with E-state index in [-0.39, 0.29) is 11.2 Å². The van der Waals surface area contributed by atoms with Gasteiger partial charge in [0.1, 0.15) is 0 Å². The van der Waals surface area contributed by atoms with E-state index >= 15 is 0 Å². The summed E-state index contributed by atoms with van der Waals surface area (Å²) in [4.78, 5) is 12.1. The van der Waals surface area contributed by atoms with Crippen LogP contribution in [0.1, 0.15) is 17.7 Å². The Morgan fingerprint density at radius 2 is 1.81 bits per heavy atom. The molecule has 1 atom stereocenters. The van der Waals surface area contributed by atoms with E-state index < -0.39 is 0 Å². The molecule has 2 aromatic rings. The molecule has 1 unspecified atom stereocenters. The molecule has 0 aliphatic carbocycles. The molecule has 2 aromatic carbocycles. The van der Waals surface area contributed by atoms with Crippen LogP contribution in [-0.2, 0) is 4.79 Å². The molecule has 0 spiro atoms. The molecule has 0 bridgehead atoms. The molecule has 21 heavy (non-hydrogen) atoms. The van der Waals surface area contributed by atoms with E-state index in [2.05, 4.69) is 33.4 Å². The van der Waals surface area contributed by atoms with E-state index in [0.717, 1.165) is 15.1 Å². The van der Waals surface area contributed by atoms with Crippen LogP contribution in [0.4, 0.5) is 5.69 Å². The largest absolute Gasteiger partial charge is 0.329 e. The summed E-state index contributed by atoms with van der Waals surface area (Å²) in [6.45, 7) is 2.07. The van der Waals surface area contributed by atoms with Crippen LogP contribution in [0.3, 0.4) is 0 Å². The highest BCUT2D eigenvalue weighted by Gasteiger charge is 2.11. The molecular formula is C16H17BrN2OS. The fourth-order valence-electron chi connectivity index (χ4n) is 1.91. The maximum absolute atomic E-state index is 11.0. The SMILES string of the molecule is CC(=O)Nc1ccc(SC(CN)c2ccc(Br)cc2)cc1. The fraction of sp³-hybridized carbons (Fsp3) is 0.188. The molecule has 3 nitrogen and oxygen atoms in total. The minimum absolute atomic E-state index is 0.0647. The van der Waals surface area contributed by atoms with Crippen molar-refractivity contribution in [3.63, 3.8) is 0 Å². The van der Waals surface area contributed by atoms with Crippen molar-refractivity contribution in [3.05, 3.63) is 58.6 Å². The third kappa shape index (κ3) is 4.88. The predicted molar refractivity (Wildman–Crippen MR) is 92.5 cm³/mol. The van der Waals surface area contributed by atoms with Gasteiger partial charge in [0.2, 0.25) is 5.91 Å². The number of benzene rings is 2. The molecule has 0 aliphatic rings. The quantitative estimate of drug-likeness (QED) is 0.781. The highest BCUT2D eigenvalue weighted by Crippen LogP contribution is 2.35. The summed E-state index contributed by atoms with van der Waals surface area (Å²) in [5, 5.41) is 2.97. The van der Waals surface area contributed by atoms with E-state index in [9.17, 15) is 4.79 Å². The van der Waals surface area contributed by atoms with Crippen molar-refractivity contribution in [2.24, 2.45) is 5.73 Å². The summed E-state index contributed by atoms with van der Waals surface area (Å²) in [7, 11) is 0. The molecule has 1 amide bonds. The highest BCUT2D eigenvalue weighted by atomic mass is 79.9. The average molecular weight is 365 g/mol. The zero-order valence-electron chi connectivity index (χ0n) is 11.7. The molecule has 0 saturated heterocycles. The minimum Gasteiger partial charge on any atom is -0.329 e. The van der Waals surface area contributed by atoms with E-state index in [1.54, 1.807) is 11.8 Å². The molecule has 0 aromatic heterocycles. The number of nitrogens with one attached hydrogen (secondary N) is 1. The molecule has 0 aliphatic heterocycles. The van der Waals surface area contributed by atoms with Gasteiger partial charge < -0.3 is 11.1 Å². The van der Waals surface area contributed by atoms with Crippen molar-refractivity contribution in [2.75, 3.05) is 11.9 Å². The lowest BCUT2D eigenvalue weighted by atomic mass is 10.1. The van der Waals surface area contributed by atoms with Crippen LogP contribution >= 0.6 is 27.7 Å². The summed E-state index contributed by atoms with van der Waals surface area (Å²) in [6.07, 6.45) is 0. The molecule has 0 radical (unpaired) electrons. The number of rotatable bonds is 5. The Morgan fingerprint density at radius 3 is 2.33 bits per heavy atom. The van der Waals surface area contributed by atoms with Crippen molar-refractivity contribution in [1.29, 1.82) is 0 Å². The van der Waals surface area contributed by atoms with Crippen LogP contribution in [-0.4, -0.2) is 12.5 Å². The van der Waals surface area contributed by atoms with Crippen LogP contribution in [0, 0.1) is 0 Å². The number of thioether (sulfide) groups is 1. The van der Waals surface area contributed by atoms with E-state index in [1.165, 1.54) is 12.5 Å².